The quantitative estimate of drug-likeness (QED) is 0.0915. The summed E-state index contributed by atoms with van der Waals surface area (Å²) in [5, 5.41) is 43.2. The van der Waals surface area contributed by atoms with Gasteiger partial charge in [-0.2, -0.15) is 0 Å². The van der Waals surface area contributed by atoms with E-state index in [1.54, 1.807) is 55.4 Å². The SMILES string of the molecule is CCCOc1c2cc(C#CC(C)(C)O)cc1Cc1cc(C#CC(C)(C)O)cc(c1OCCC)Cc1cc(C#CC(C)(C)O)cc(c1OCCC)Cc1cc(C#CC(C)(C)O)cc(c1OCCC)C2. The molecule has 0 amide bonds. The molecular formula is C60H72O8. The molecule has 0 fully saturated rings. The number of hydrogen-bond acceptors (Lipinski definition) is 8. The molecule has 0 aliphatic heterocycles. The Morgan fingerprint density at radius 1 is 0.338 bits per heavy atom. The summed E-state index contributed by atoms with van der Waals surface area (Å²) in [7, 11) is 0. The summed E-state index contributed by atoms with van der Waals surface area (Å²) in [6, 6.07) is 16.3. The fourth-order valence-electron chi connectivity index (χ4n) is 7.64. The van der Waals surface area contributed by atoms with Gasteiger partial charge in [-0.25, -0.2) is 0 Å². The Morgan fingerprint density at radius 3 is 0.632 bits per heavy atom. The molecule has 0 heterocycles. The van der Waals surface area contributed by atoms with Gasteiger partial charge in [0, 0.05) is 92.4 Å². The summed E-state index contributed by atoms with van der Waals surface area (Å²) in [6.07, 6.45) is 4.58. The third-order valence-electron chi connectivity index (χ3n) is 10.3. The van der Waals surface area contributed by atoms with E-state index in [2.05, 4.69) is 75.1 Å². The predicted molar refractivity (Wildman–Crippen MR) is 273 cm³/mol. The fourth-order valence-corrected chi connectivity index (χ4v) is 7.64. The van der Waals surface area contributed by atoms with Crippen LogP contribution in [0.2, 0.25) is 0 Å². The van der Waals surface area contributed by atoms with Gasteiger partial charge in [-0.15, -0.1) is 0 Å². The van der Waals surface area contributed by atoms with Crippen molar-refractivity contribution in [2.24, 2.45) is 0 Å². The van der Waals surface area contributed by atoms with Crippen molar-refractivity contribution in [1.82, 2.24) is 0 Å². The summed E-state index contributed by atoms with van der Waals surface area (Å²) in [5.74, 6) is 28.1. The highest BCUT2D eigenvalue weighted by Crippen LogP contribution is 2.41. The van der Waals surface area contributed by atoms with Crippen LogP contribution in [0.15, 0.2) is 48.5 Å². The van der Waals surface area contributed by atoms with Gasteiger partial charge in [0.15, 0.2) is 0 Å². The summed E-state index contributed by atoms with van der Waals surface area (Å²) >= 11 is 0. The number of ether oxygens (including phenoxy) is 4. The Balaban J connectivity index is 2.04. The second-order valence-corrected chi connectivity index (χ2v) is 19.8. The molecule has 4 N–H and O–H groups in total. The minimum Gasteiger partial charge on any atom is -0.493 e. The van der Waals surface area contributed by atoms with E-state index in [1.165, 1.54) is 0 Å². The summed E-state index contributed by atoms with van der Waals surface area (Å²) in [6.45, 7) is 23.5. The van der Waals surface area contributed by atoms with Gasteiger partial charge in [0.25, 0.3) is 0 Å². The average Bonchev–Trinajstić information content (AvgIpc) is 3.23. The molecule has 0 saturated heterocycles. The lowest BCUT2D eigenvalue weighted by atomic mass is 9.88. The van der Waals surface area contributed by atoms with E-state index in [-0.39, 0.29) is 0 Å². The van der Waals surface area contributed by atoms with Gasteiger partial charge in [0.2, 0.25) is 0 Å². The van der Waals surface area contributed by atoms with Crippen LogP contribution >= 0.6 is 0 Å². The maximum atomic E-state index is 10.8. The lowest BCUT2D eigenvalue weighted by Gasteiger charge is -2.24. The van der Waals surface area contributed by atoms with Gasteiger partial charge in [-0.05, 0) is 130 Å². The summed E-state index contributed by atoms with van der Waals surface area (Å²) in [5.41, 5.74) is 4.82. The van der Waals surface area contributed by atoms with Gasteiger partial charge in [-0.1, -0.05) is 75.1 Å². The highest BCUT2D eigenvalue weighted by molar-refractivity contribution is 5.62. The molecule has 4 aromatic rings. The van der Waals surface area contributed by atoms with Gasteiger partial charge >= 0.3 is 0 Å². The van der Waals surface area contributed by atoms with Crippen LogP contribution in [-0.2, 0) is 25.7 Å². The number of rotatable bonds is 12. The normalized spacial score (nSPS) is 12.5. The molecule has 5 rings (SSSR count). The number of fused-ring (bicyclic) bond motifs is 8. The summed E-state index contributed by atoms with van der Waals surface area (Å²) in [4.78, 5) is 0. The second-order valence-electron chi connectivity index (χ2n) is 19.8. The maximum absolute atomic E-state index is 10.8. The monoisotopic (exact) mass is 921 g/mol. The first-order valence-electron chi connectivity index (χ1n) is 24.1. The van der Waals surface area contributed by atoms with E-state index in [9.17, 15) is 20.4 Å². The highest BCUT2D eigenvalue weighted by Gasteiger charge is 2.25. The van der Waals surface area contributed by atoms with Crippen LogP contribution in [-0.4, -0.2) is 69.3 Å². The predicted octanol–water partition coefficient (Wildman–Crippen LogP) is 10.0. The molecule has 0 aromatic heterocycles. The fraction of sp³-hybridized carbons (Fsp3) is 0.467. The van der Waals surface area contributed by atoms with Crippen LogP contribution in [0, 0.1) is 47.4 Å². The molecule has 0 atom stereocenters. The number of aliphatic hydroxyl groups is 4. The smallest absolute Gasteiger partial charge is 0.126 e. The van der Waals surface area contributed by atoms with Gasteiger partial charge in [0.1, 0.15) is 45.4 Å². The van der Waals surface area contributed by atoms with Crippen molar-refractivity contribution < 1.29 is 39.4 Å². The Morgan fingerprint density at radius 2 is 0.500 bits per heavy atom. The molecule has 360 valence electrons. The Labute approximate surface area is 406 Å². The molecule has 0 radical (unpaired) electrons. The zero-order chi connectivity index (χ0) is 49.9. The molecule has 4 aromatic carbocycles. The third-order valence-corrected chi connectivity index (χ3v) is 10.3. The standard InChI is InChI=1S/C60H72O8/c1-13-25-65-53-45-29-41(17-21-57(5,6)61)30-46(53)38-48-32-43(19-23-59(9,10)63)34-50(55(48)67-27-15-3)40-52-36-44(20-24-60(11,12)64)35-51(56(52)68-28-16-4)39-49-33-42(18-22-58(7,8)62)31-47(37-45)54(49)66-26-14-2/h29-36,61-64H,13-16,25-28,37-40H2,1-12H3. The van der Waals surface area contributed by atoms with Crippen molar-refractivity contribution in [2.45, 2.75) is 157 Å². The Kier molecular flexibility index (Phi) is 17.9. The molecular weight excluding hydrogens is 849 g/mol. The molecule has 8 heteroatoms. The van der Waals surface area contributed by atoms with Crippen LogP contribution in [0.25, 0.3) is 0 Å². The van der Waals surface area contributed by atoms with Crippen molar-refractivity contribution in [3.8, 4) is 70.4 Å². The van der Waals surface area contributed by atoms with Crippen molar-refractivity contribution in [1.29, 1.82) is 0 Å². The first-order valence-corrected chi connectivity index (χ1v) is 24.1. The lowest BCUT2D eigenvalue weighted by Crippen LogP contribution is -2.15. The van der Waals surface area contributed by atoms with Gasteiger partial charge in [-0.3, -0.25) is 0 Å². The average molecular weight is 921 g/mol. The van der Waals surface area contributed by atoms with E-state index in [4.69, 9.17) is 18.9 Å². The molecule has 0 unspecified atom stereocenters. The van der Waals surface area contributed by atoms with Crippen LogP contribution in [0.5, 0.6) is 23.0 Å². The molecule has 68 heavy (non-hydrogen) atoms. The molecule has 8 bridgehead atoms. The van der Waals surface area contributed by atoms with E-state index in [0.29, 0.717) is 74.4 Å². The Hall–Kier alpha value is -5.84. The molecule has 8 nitrogen and oxygen atoms in total. The largest absolute Gasteiger partial charge is 0.493 e. The first-order chi connectivity index (χ1) is 32.0. The number of hydrogen-bond donors (Lipinski definition) is 4. The number of benzene rings is 4. The van der Waals surface area contributed by atoms with Crippen molar-refractivity contribution >= 4 is 0 Å². The van der Waals surface area contributed by atoms with Crippen molar-refractivity contribution in [2.75, 3.05) is 26.4 Å². The van der Waals surface area contributed by atoms with E-state index in [1.807, 2.05) is 48.5 Å². The second kappa shape index (κ2) is 23.0. The topological polar surface area (TPSA) is 118 Å². The van der Waals surface area contributed by atoms with E-state index >= 15 is 0 Å². The van der Waals surface area contributed by atoms with Crippen molar-refractivity contribution in [3.05, 3.63) is 115 Å². The lowest BCUT2D eigenvalue weighted by molar-refractivity contribution is 0.143. The first kappa shape index (κ1) is 53.1. The van der Waals surface area contributed by atoms with E-state index in [0.717, 1.165) is 93.2 Å². The zero-order valence-corrected chi connectivity index (χ0v) is 42.5. The molecule has 0 spiro atoms. The van der Waals surface area contributed by atoms with Crippen LogP contribution < -0.4 is 18.9 Å². The minimum absolute atomic E-state index is 0.372. The van der Waals surface area contributed by atoms with E-state index < -0.39 is 22.4 Å². The molecule has 0 saturated carbocycles. The molecule has 1 aliphatic carbocycles. The highest BCUT2D eigenvalue weighted by atomic mass is 16.5. The maximum Gasteiger partial charge on any atom is 0.126 e. The van der Waals surface area contributed by atoms with Crippen LogP contribution in [0.4, 0.5) is 0 Å². The van der Waals surface area contributed by atoms with Crippen LogP contribution in [0.3, 0.4) is 0 Å². The summed E-state index contributed by atoms with van der Waals surface area (Å²) < 4.78 is 27.2. The van der Waals surface area contributed by atoms with Crippen LogP contribution in [0.1, 0.15) is 176 Å². The third kappa shape index (κ3) is 16.2. The van der Waals surface area contributed by atoms with Gasteiger partial charge in [0.05, 0.1) is 26.4 Å². The molecule has 1 aliphatic rings. The minimum atomic E-state index is -1.24. The van der Waals surface area contributed by atoms with Gasteiger partial charge < -0.3 is 39.4 Å². The van der Waals surface area contributed by atoms with Crippen molar-refractivity contribution in [3.63, 3.8) is 0 Å². The Bertz CT molecular complexity index is 2220. The zero-order valence-electron chi connectivity index (χ0n) is 42.5.